The molecular formula is C15H30N2O3. The van der Waals surface area contributed by atoms with Crippen LogP contribution in [0.4, 0.5) is 4.79 Å². The Kier molecular flexibility index (Phi) is 6.27. The molecule has 0 bridgehead atoms. The lowest BCUT2D eigenvalue weighted by atomic mass is 9.98. The van der Waals surface area contributed by atoms with Gasteiger partial charge >= 0.3 is 6.09 Å². The average molecular weight is 286 g/mol. The number of methoxy groups -OCH3 is 1. The van der Waals surface area contributed by atoms with E-state index in [1.807, 2.05) is 25.7 Å². The van der Waals surface area contributed by atoms with Crippen LogP contribution in [-0.4, -0.2) is 55.0 Å². The van der Waals surface area contributed by atoms with Gasteiger partial charge in [0.05, 0.1) is 6.61 Å². The van der Waals surface area contributed by atoms with Crippen molar-refractivity contribution < 1.29 is 14.3 Å². The monoisotopic (exact) mass is 286 g/mol. The largest absolute Gasteiger partial charge is 0.444 e. The molecule has 20 heavy (non-hydrogen) atoms. The van der Waals surface area contributed by atoms with Gasteiger partial charge in [-0.2, -0.15) is 0 Å². The van der Waals surface area contributed by atoms with E-state index in [4.69, 9.17) is 9.47 Å². The van der Waals surface area contributed by atoms with E-state index in [1.54, 1.807) is 7.11 Å². The van der Waals surface area contributed by atoms with Crippen LogP contribution in [0.2, 0.25) is 0 Å². The van der Waals surface area contributed by atoms with Gasteiger partial charge < -0.3 is 19.7 Å². The molecule has 1 amide bonds. The fraction of sp³-hybridized carbons (Fsp3) is 0.933. The molecule has 0 aromatic heterocycles. The van der Waals surface area contributed by atoms with Crippen molar-refractivity contribution in [2.75, 3.05) is 20.3 Å². The predicted octanol–water partition coefficient (Wildman–Crippen LogP) is 2.40. The third-order valence-electron chi connectivity index (χ3n) is 3.44. The minimum atomic E-state index is -0.432. The van der Waals surface area contributed by atoms with Crippen molar-refractivity contribution in [3.05, 3.63) is 0 Å². The first-order valence-corrected chi connectivity index (χ1v) is 7.47. The molecule has 118 valence electrons. The maximum atomic E-state index is 12.1. The number of carbonyl (C=O) groups is 1. The minimum Gasteiger partial charge on any atom is -0.444 e. The molecule has 5 nitrogen and oxygen atoms in total. The molecule has 3 atom stereocenters. The lowest BCUT2D eigenvalue weighted by Gasteiger charge is -2.39. The molecule has 0 saturated carbocycles. The smallest absolute Gasteiger partial charge is 0.410 e. The fourth-order valence-electron chi connectivity index (χ4n) is 2.62. The van der Waals surface area contributed by atoms with Gasteiger partial charge in [-0.05, 0) is 47.5 Å². The predicted molar refractivity (Wildman–Crippen MR) is 79.9 cm³/mol. The Morgan fingerprint density at radius 3 is 2.60 bits per heavy atom. The van der Waals surface area contributed by atoms with Crippen LogP contribution in [0.5, 0.6) is 0 Å². The Bertz CT molecular complexity index is 315. The first kappa shape index (κ1) is 17.2. The van der Waals surface area contributed by atoms with E-state index in [0.29, 0.717) is 18.7 Å². The molecule has 0 aromatic carbocycles. The van der Waals surface area contributed by atoms with Crippen molar-refractivity contribution in [2.24, 2.45) is 0 Å². The van der Waals surface area contributed by atoms with Crippen molar-refractivity contribution in [2.45, 2.75) is 71.2 Å². The zero-order chi connectivity index (χ0) is 15.3. The van der Waals surface area contributed by atoms with Crippen LogP contribution in [0.3, 0.4) is 0 Å². The molecule has 1 aliphatic rings. The number of carbonyl (C=O) groups excluding carboxylic acids is 1. The molecule has 1 fully saturated rings. The van der Waals surface area contributed by atoms with Crippen molar-refractivity contribution >= 4 is 6.09 Å². The summed E-state index contributed by atoms with van der Waals surface area (Å²) in [7, 11) is 1.71. The molecule has 1 saturated heterocycles. The molecule has 3 unspecified atom stereocenters. The van der Waals surface area contributed by atoms with Gasteiger partial charge in [-0.25, -0.2) is 4.79 Å². The van der Waals surface area contributed by atoms with E-state index in [1.165, 1.54) is 0 Å². The average Bonchev–Trinajstić information content (AvgIpc) is 2.26. The summed E-state index contributed by atoms with van der Waals surface area (Å²) < 4.78 is 10.6. The Morgan fingerprint density at radius 1 is 1.45 bits per heavy atom. The molecule has 0 radical (unpaired) electrons. The lowest BCUT2D eigenvalue weighted by Crippen LogP contribution is -2.52. The molecule has 0 aromatic rings. The van der Waals surface area contributed by atoms with Gasteiger partial charge in [-0.1, -0.05) is 0 Å². The number of rotatable bonds is 4. The summed E-state index contributed by atoms with van der Waals surface area (Å²) in [4.78, 5) is 14.0. The van der Waals surface area contributed by atoms with Crippen molar-refractivity contribution in [1.29, 1.82) is 0 Å². The second-order valence-electron chi connectivity index (χ2n) is 6.77. The number of nitrogens with zero attached hydrogens (tertiary/aromatic N) is 1. The number of hydrogen-bond acceptors (Lipinski definition) is 4. The number of ether oxygens (including phenoxy) is 2. The quantitative estimate of drug-likeness (QED) is 0.862. The summed E-state index contributed by atoms with van der Waals surface area (Å²) in [5, 5.41) is 3.55. The zero-order valence-corrected chi connectivity index (χ0v) is 13.7. The highest BCUT2D eigenvalue weighted by atomic mass is 16.6. The SMILES string of the molecule is COCC(C)NC1CCN(C(=O)OC(C)(C)C)C(C)C1. The molecule has 1 aliphatic heterocycles. The van der Waals surface area contributed by atoms with E-state index in [2.05, 4.69) is 19.2 Å². The molecule has 5 heteroatoms. The van der Waals surface area contributed by atoms with E-state index < -0.39 is 5.60 Å². The molecule has 1 N–H and O–H groups in total. The molecule has 0 aliphatic carbocycles. The summed E-state index contributed by atoms with van der Waals surface area (Å²) in [5.74, 6) is 0. The number of nitrogens with one attached hydrogen (secondary N) is 1. The zero-order valence-electron chi connectivity index (χ0n) is 13.7. The summed E-state index contributed by atoms with van der Waals surface area (Å²) >= 11 is 0. The molecular weight excluding hydrogens is 256 g/mol. The van der Waals surface area contributed by atoms with Gasteiger partial charge in [0.25, 0.3) is 0 Å². The highest BCUT2D eigenvalue weighted by Crippen LogP contribution is 2.20. The third-order valence-corrected chi connectivity index (χ3v) is 3.44. The summed E-state index contributed by atoms with van der Waals surface area (Å²) in [6.07, 6.45) is 1.71. The van der Waals surface area contributed by atoms with Crippen LogP contribution in [0.1, 0.15) is 47.5 Å². The van der Waals surface area contributed by atoms with E-state index in [9.17, 15) is 4.79 Å². The van der Waals surface area contributed by atoms with E-state index in [-0.39, 0.29) is 12.1 Å². The van der Waals surface area contributed by atoms with Crippen LogP contribution in [-0.2, 0) is 9.47 Å². The Hall–Kier alpha value is -0.810. The second kappa shape index (κ2) is 7.27. The van der Waals surface area contributed by atoms with Crippen LogP contribution in [0.15, 0.2) is 0 Å². The Balaban J connectivity index is 2.45. The van der Waals surface area contributed by atoms with Gasteiger partial charge in [0, 0.05) is 31.8 Å². The van der Waals surface area contributed by atoms with E-state index >= 15 is 0 Å². The van der Waals surface area contributed by atoms with Gasteiger partial charge in [-0.3, -0.25) is 0 Å². The number of hydrogen-bond donors (Lipinski definition) is 1. The topological polar surface area (TPSA) is 50.8 Å². The van der Waals surface area contributed by atoms with Gasteiger partial charge in [-0.15, -0.1) is 0 Å². The summed E-state index contributed by atoms with van der Waals surface area (Å²) in [6, 6.07) is 0.977. The number of piperidine rings is 1. The molecule has 1 rings (SSSR count). The maximum Gasteiger partial charge on any atom is 0.410 e. The molecule has 1 heterocycles. The number of amides is 1. The highest BCUT2D eigenvalue weighted by Gasteiger charge is 2.31. The van der Waals surface area contributed by atoms with Crippen molar-refractivity contribution in [1.82, 2.24) is 10.2 Å². The van der Waals surface area contributed by atoms with E-state index in [0.717, 1.165) is 19.4 Å². The first-order chi connectivity index (χ1) is 9.23. The summed E-state index contributed by atoms with van der Waals surface area (Å²) in [5.41, 5.74) is -0.432. The van der Waals surface area contributed by atoms with Gasteiger partial charge in [0.1, 0.15) is 5.60 Å². The number of likely N-dealkylation sites (tertiary alicyclic amines) is 1. The van der Waals surface area contributed by atoms with Crippen molar-refractivity contribution in [3.63, 3.8) is 0 Å². The Morgan fingerprint density at radius 2 is 2.10 bits per heavy atom. The highest BCUT2D eigenvalue weighted by molar-refractivity contribution is 5.68. The lowest BCUT2D eigenvalue weighted by molar-refractivity contribution is 0.00863. The normalized spacial score (nSPS) is 25.4. The Labute approximate surface area is 123 Å². The van der Waals surface area contributed by atoms with Crippen LogP contribution < -0.4 is 5.32 Å². The van der Waals surface area contributed by atoms with Crippen molar-refractivity contribution in [3.8, 4) is 0 Å². The van der Waals surface area contributed by atoms with Crippen LogP contribution in [0.25, 0.3) is 0 Å². The van der Waals surface area contributed by atoms with Gasteiger partial charge in [0.2, 0.25) is 0 Å². The third kappa shape index (κ3) is 5.67. The first-order valence-electron chi connectivity index (χ1n) is 7.47. The second-order valence-corrected chi connectivity index (χ2v) is 6.77. The maximum absolute atomic E-state index is 12.1. The minimum absolute atomic E-state index is 0.200. The fourth-order valence-corrected chi connectivity index (χ4v) is 2.62. The van der Waals surface area contributed by atoms with Gasteiger partial charge in [0.15, 0.2) is 0 Å². The van der Waals surface area contributed by atoms with Crippen LogP contribution >= 0.6 is 0 Å². The summed E-state index contributed by atoms with van der Waals surface area (Å²) in [6.45, 7) is 11.4. The standard InChI is InChI=1S/C15H30N2O3/c1-11(10-19-6)16-13-7-8-17(12(2)9-13)14(18)20-15(3,4)5/h11-13,16H,7-10H2,1-6H3. The molecule has 0 spiro atoms. The van der Waals surface area contributed by atoms with Crippen LogP contribution in [0, 0.1) is 0 Å².